The van der Waals surface area contributed by atoms with E-state index in [4.69, 9.17) is 0 Å². The van der Waals surface area contributed by atoms with Gasteiger partial charge in [-0.25, -0.2) is 8.42 Å². The monoisotopic (exact) mass is 402 g/mol. The molecule has 0 radical (unpaired) electrons. The number of amides is 1. The van der Waals surface area contributed by atoms with Gasteiger partial charge in [0.25, 0.3) is 0 Å². The molecule has 0 atom stereocenters. The first-order valence-electron chi connectivity index (χ1n) is 7.78. The summed E-state index contributed by atoms with van der Waals surface area (Å²) in [5, 5.41) is 0. The molecule has 0 bridgehead atoms. The molecule has 0 unspecified atom stereocenters. The average molecular weight is 403 g/mol. The quantitative estimate of drug-likeness (QED) is 0.760. The number of benzene rings is 1. The van der Waals surface area contributed by atoms with Crippen molar-refractivity contribution in [1.82, 2.24) is 4.90 Å². The number of carbonyl (C=O) groups excluding carboxylic acids is 1. The Kier molecular flexibility index (Phi) is 6.08. The van der Waals surface area contributed by atoms with Crippen molar-refractivity contribution in [1.29, 1.82) is 0 Å². The van der Waals surface area contributed by atoms with E-state index in [0.717, 1.165) is 36.4 Å². The molecule has 0 spiro atoms. The fourth-order valence-electron chi connectivity index (χ4n) is 2.94. The van der Waals surface area contributed by atoms with Crippen LogP contribution >= 0.6 is 15.9 Å². The minimum Gasteiger partial charge on any atom is -0.341 e. The topological polar surface area (TPSA) is 57.7 Å². The summed E-state index contributed by atoms with van der Waals surface area (Å²) in [6.45, 7) is -0.164. The van der Waals surface area contributed by atoms with Crippen LogP contribution in [0.2, 0.25) is 0 Å². The van der Waals surface area contributed by atoms with E-state index >= 15 is 0 Å². The van der Waals surface area contributed by atoms with Gasteiger partial charge in [0.15, 0.2) is 0 Å². The summed E-state index contributed by atoms with van der Waals surface area (Å²) in [7, 11) is -1.75. The van der Waals surface area contributed by atoms with Gasteiger partial charge in [-0.15, -0.1) is 0 Å². The third kappa shape index (κ3) is 4.94. The average Bonchev–Trinajstić information content (AvgIpc) is 2.51. The van der Waals surface area contributed by atoms with Gasteiger partial charge >= 0.3 is 0 Å². The molecule has 1 aliphatic carbocycles. The Bertz CT molecular complexity index is 657. The first-order chi connectivity index (χ1) is 10.8. The molecule has 0 aromatic heterocycles. The fourth-order valence-corrected chi connectivity index (χ4v) is 4.17. The molecule has 1 aromatic rings. The van der Waals surface area contributed by atoms with Crippen molar-refractivity contribution in [3.05, 3.63) is 28.7 Å². The number of hydrogen-bond acceptors (Lipinski definition) is 3. The van der Waals surface area contributed by atoms with Crippen molar-refractivity contribution in [2.24, 2.45) is 0 Å². The zero-order valence-corrected chi connectivity index (χ0v) is 15.9. The van der Waals surface area contributed by atoms with Crippen molar-refractivity contribution < 1.29 is 13.2 Å². The van der Waals surface area contributed by atoms with E-state index in [0.29, 0.717) is 5.69 Å². The minimum atomic E-state index is -3.53. The SMILES string of the molecule is CN(C(=O)CN(c1cccc(Br)c1)S(C)(=O)=O)C1CCCCC1. The number of nitrogens with zero attached hydrogens (tertiary/aromatic N) is 2. The van der Waals surface area contributed by atoms with Gasteiger partial charge in [-0.1, -0.05) is 41.3 Å². The first kappa shape index (κ1) is 18.3. The lowest BCUT2D eigenvalue weighted by Gasteiger charge is -2.33. The van der Waals surface area contributed by atoms with E-state index < -0.39 is 10.0 Å². The maximum Gasteiger partial charge on any atom is 0.243 e. The Hall–Kier alpha value is -1.08. The lowest BCUT2D eigenvalue weighted by atomic mass is 9.94. The van der Waals surface area contributed by atoms with Crippen LogP contribution in [0.5, 0.6) is 0 Å². The van der Waals surface area contributed by atoms with Crippen molar-refractivity contribution >= 4 is 37.5 Å². The molecule has 23 heavy (non-hydrogen) atoms. The summed E-state index contributed by atoms with van der Waals surface area (Å²) in [4.78, 5) is 14.3. The van der Waals surface area contributed by atoms with Crippen LogP contribution in [-0.4, -0.2) is 45.1 Å². The molecule has 128 valence electrons. The summed E-state index contributed by atoms with van der Waals surface area (Å²) in [5.41, 5.74) is 0.493. The van der Waals surface area contributed by atoms with E-state index in [1.165, 1.54) is 10.7 Å². The second-order valence-electron chi connectivity index (χ2n) is 6.05. The molecule has 1 aliphatic rings. The predicted octanol–water partition coefficient (Wildman–Crippen LogP) is 3.01. The Labute approximate surface area is 146 Å². The molecular formula is C16H23BrN2O3S. The van der Waals surface area contributed by atoms with Crippen LogP contribution in [-0.2, 0) is 14.8 Å². The molecule has 2 rings (SSSR count). The Morgan fingerprint density at radius 2 is 1.91 bits per heavy atom. The summed E-state index contributed by atoms with van der Waals surface area (Å²) in [6.07, 6.45) is 6.59. The number of hydrogen-bond donors (Lipinski definition) is 0. The smallest absolute Gasteiger partial charge is 0.243 e. The van der Waals surface area contributed by atoms with E-state index in [-0.39, 0.29) is 18.5 Å². The molecule has 1 saturated carbocycles. The third-order valence-corrected chi connectivity index (χ3v) is 5.93. The predicted molar refractivity (Wildman–Crippen MR) is 96.0 cm³/mol. The Morgan fingerprint density at radius 1 is 1.26 bits per heavy atom. The second-order valence-corrected chi connectivity index (χ2v) is 8.87. The lowest BCUT2D eigenvalue weighted by Crippen LogP contribution is -2.45. The molecule has 5 nitrogen and oxygen atoms in total. The van der Waals surface area contributed by atoms with Crippen LogP contribution in [0.15, 0.2) is 28.7 Å². The molecule has 0 N–H and O–H groups in total. The molecule has 0 aliphatic heterocycles. The summed E-state index contributed by atoms with van der Waals surface area (Å²) < 4.78 is 26.2. The highest BCUT2D eigenvalue weighted by Gasteiger charge is 2.27. The van der Waals surface area contributed by atoms with Crippen LogP contribution < -0.4 is 4.31 Å². The van der Waals surface area contributed by atoms with E-state index in [2.05, 4.69) is 15.9 Å². The maximum absolute atomic E-state index is 12.6. The summed E-state index contributed by atoms with van der Waals surface area (Å²) in [5.74, 6) is -0.165. The Morgan fingerprint density at radius 3 is 2.48 bits per heavy atom. The standard InChI is InChI=1S/C16H23BrN2O3S/c1-18(14-8-4-3-5-9-14)16(20)12-19(23(2,21)22)15-10-6-7-13(17)11-15/h6-7,10-11,14H,3-5,8-9,12H2,1-2H3. The van der Waals surface area contributed by atoms with Gasteiger partial charge < -0.3 is 4.90 Å². The molecular weight excluding hydrogens is 380 g/mol. The Balaban J connectivity index is 2.16. The third-order valence-electron chi connectivity index (χ3n) is 4.29. The van der Waals surface area contributed by atoms with Gasteiger partial charge in [0.05, 0.1) is 11.9 Å². The molecule has 1 aromatic carbocycles. The zero-order chi connectivity index (χ0) is 17.0. The van der Waals surface area contributed by atoms with Crippen LogP contribution in [0.25, 0.3) is 0 Å². The number of likely N-dealkylation sites (N-methyl/N-ethyl adjacent to an activating group) is 1. The number of halogens is 1. The van der Waals surface area contributed by atoms with Crippen LogP contribution in [0.4, 0.5) is 5.69 Å². The largest absolute Gasteiger partial charge is 0.341 e. The number of anilines is 1. The molecule has 0 saturated heterocycles. The minimum absolute atomic E-state index is 0.164. The molecule has 1 fully saturated rings. The van der Waals surface area contributed by atoms with E-state index in [1.807, 2.05) is 6.07 Å². The molecule has 7 heteroatoms. The van der Waals surface area contributed by atoms with Crippen molar-refractivity contribution in [2.45, 2.75) is 38.1 Å². The highest BCUT2D eigenvalue weighted by Crippen LogP contribution is 2.24. The first-order valence-corrected chi connectivity index (χ1v) is 10.4. The van der Waals surface area contributed by atoms with Crippen molar-refractivity contribution in [2.75, 3.05) is 24.2 Å². The molecule has 0 heterocycles. The number of carbonyl (C=O) groups is 1. The number of sulfonamides is 1. The van der Waals surface area contributed by atoms with Gasteiger partial charge in [0.1, 0.15) is 6.54 Å². The molecule has 1 amide bonds. The zero-order valence-electron chi connectivity index (χ0n) is 13.5. The van der Waals surface area contributed by atoms with E-state index in [1.54, 1.807) is 30.1 Å². The normalized spacial score (nSPS) is 16.1. The fraction of sp³-hybridized carbons (Fsp3) is 0.562. The van der Waals surface area contributed by atoms with E-state index in [9.17, 15) is 13.2 Å². The van der Waals surface area contributed by atoms with Crippen molar-refractivity contribution in [3.8, 4) is 0 Å². The van der Waals surface area contributed by atoms with Gasteiger partial charge in [-0.3, -0.25) is 9.10 Å². The second kappa shape index (κ2) is 7.66. The maximum atomic E-state index is 12.6. The van der Waals surface area contributed by atoms with Gasteiger partial charge in [-0.05, 0) is 31.0 Å². The van der Waals surface area contributed by atoms with Gasteiger partial charge in [0, 0.05) is 17.6 Å². The lowest BCUT2D eigenvalue weighted by molar-refractivity contribution is -0.130. The summed E-state index contributed by atoms with van der Waals surface area (Å²) >= 11 is 3.34. The highest BCUT2D eigenvalue weighted by atomic mass is 79.9. The summed E-state index contributed by atoms with van der Waals surface area (Å²) in [6, 6.07) is 7.20. The van der Waals surface area contributed by atoms with Crippen LogP contribution in [0, 0.1) is 0 Å². The van der Waals surface area contributed by atoms with Gasteiger partial charge in [0.2, 0.25) is 15.9 Å². The van der Waals surface area contributed by atoms with Crippen LogP contribution in [0.1, 0.15) is 32.1 Å². The van der Waals surface area contributed by atoms with Gasteiger partial charge in [-0.2, -0.15) is 0 Å². The van der Waals surface area contributed by atoms with Crippen molar-refractivity contribution in [3.63, 3.8) is 0 Å². The highest BCUT2D eigenvalue weighted by molar-refractivity contribution is 9.10. The number of rotatable bonds is 5. The van der Waals surface area contributed by atoms with Crippen LogP contribution in [0.3, 0.4) is 0 Å².